The van der Waals surface area contributed by atoms with Crippen molar-refractivity contribution in [2.45, 2.75) is 19.3 Å². The highest BCUT2D eigenvalue weighted by Crippen LogP contribution is 2.33. The summed E-state index contributed by atoms with van der Waals surface area (Å²) < 4.78 is 1.03. The molecule has 0 aliphatic heterocycles. The number of rotatable bonds is 2. The number of hydrogen-bond donors (Lipinski definition) is 0. The second-order valence-corrected chi connectivity index (χ2v) is 4.71. The van der Waals surface area contributed by atoms with E-state index in [1.165, 1.54) is 0 Å². The summed E-state index contributed by atoms with van der Waals surface area (Å²) >= 11 is 5.00. The maximum atomic E-state index is 10.7. The van der Waals surface area contributed by atoms with Crippen molar-refractivity contribution >= 4 is 33.6 Å². The highest BCUT2D eigenvalue weighted by molar-refractivity contribution is 9.10. The molecule has 60 valence electrons. The van der Waals surface area contributed by atoms with Crippen molar-refractivity contribution in [3.05, 3.63) is 20.8 Å². The minimum atomic E-state index is -0.354. The Balaban J connectivity index is 3.10. The van der Waals surface area contributed by atoms with Gasteiger partial charge in [0.2, 0.25) is 0 Å². The third-order valence-electron chi connectivity index (χ3n) is 1.50. The normalized spacial score (nSPS) is 11.5. The van der Waals surface area contributed by atoms with Crippen LogP contribution < -0.4 is 0 Å². The molecule has 1 heterocycles. The molecule has 0 fully saturated rings. The van der Waals surface area contributed by atoms with E-state index in [4.69, 9.17) is 0 Å². The summed E-state index contributed by atoms with van der Waals surface area (Å²) in [6.45, 7) is 3.83. The molecule has 1 nitrogen and oxygen atoms in total. The SMILES string of the molecule is CC(C)(C=O)c1sccc1Br. The molecular formula is C8H9BrOS. The lowest BCUT2D eigenvalue weighted by Crippen LogP contribution is -2.17. The summed E-state index contributed by atoms with van der Waals surface area (Å²) in [5, 5.41) is 1.98. The lowest BCUT2D eigenvalue weighted by atomic mass is 9.94. The summed E-state index contributed by atoms with van der Waals surface area (Å²) in [4.78, 5) is 11.8. The number of carbonyl (C=O) groups is 1. The smallest absolute Gasteiger partial charge is 0.130 e. The van der Waals surface area contributed by atoms with Gasteiger partial charge in [-0.25, -0.2) is 0 Å². The third-order valence-corrected chi connectivity index (χ3v) is 3.67. The predicted octanol–water partition coefficient (Wildman–Crippen LogP) is 2.99. The molecule has 0 bridgehead atoms. The van der Waals surface area contributed by atoms with Crippen LogP contribution in [0.4, 0.5) is 0 Å². The quantitative estimate of drug-likeness (QED) is 0.717. The number of carbonyl (C=O) groups excluding carboxylic acids is 1. The van der Waals surface area contributed by atoms with Gasteiger partial charge in [0, 0.05) is 9.35 Å². The molecule has 1 aromatic rings. The summed E-state index contributed by atoms with van der Waals surface area (Å²) in [7, 11) is 0. The van der Waals surface area contributed by atoms with Gasteiger partial charge in [-0.05, 0) is 41.2 Å². The predicted molar refractivity (Wildman–Crippen MR) is 51.1 cm³/mol. The van der Waals surface area contributed by atoms with Crippen molar-refractivity contribution in [2.75, 3.05) is 0 Å². The lowest BCUT2D eigenvalue weighted by molar-refractivity contribution is -0.111. The number of hydrogen-bond acceptors (Lipinski definition) is 2. The summed E-state index contributed by atoms with van der Waals surface area (Å²) in [6, 6.07) is 1.96. The second kappa shape index (κ2) is 3.07. The Kier molecular flexibility index (Phi) is 2.50. The minimum absolute atomic E-state index is 0.354. The fourth-order valence-electron chi connectivity index (χ4n) is 0.807. The molecule has 0 radical (unpaired) electrons. The highest BCUT2D eigenvalue weighted by Gasteiger charge is 2.23. The van der Waals surface area contributed by atoms with Gasteiger partial charge in [0.25, 0.3) is 0 Å². The zero-order valence-corrected chi connectivity index (χ0v) is 8.83. The summed E-state index contributed by atoms with van der Waals surface area (Å²) in [5.74, 6) is 0. The average Bonchev–Trinajstić information content (AvgIpc) is 2.36. The van der Waals surface area contributed by atoms with E-state index in [-0.39, 0.29) is 5.41 Å². The van der Waals surface area contributed by atoms with E-state index in [0.29, 0.717) is 0 Å². The summed E-state index contributed by atoms with van der Waals surface area (Å²) in [6.07, 6.45) is 0.976. The van der Waals surface area contributed by atoms with Crippen LogP contribution in [-0.4, -0.2) is 6.29 Å². The Morgan fingerprint density at radius 3 is 2.64 bits per heavy atom. The molecule has 3 heteroatoms. The number of aldehydes is 1. The van der Waals surface area contributed by atoms with Gasteiger partial charge in [0.1, 0.15) is 6.29 Å². The largest absolute Gasteiger partial charge is 0.302 e. The van der Waals surface area contributed by atoms with Crippen LogP contribution in [0.1, 0.15) is 18.7 Å². The van der Waals surface area contributed by atoms with Crippen molar-refractivity contribution in [2.24, 2.45) is 0 Å². The van der Waals surface area contributed by atoms with Gasteiger partial charge in [-0.15, -0.1) is 11.3 Å². The van der Waals surface area contributed by atoms with E-state index in [1.807, 2.05) is 25.3 Å². The van der Waals surface area contributed by atoms with Gasteiger partial charge in [0.05, 0.1) is 5.41 Å². The van der Waals surface area contributed by atoms with Gasteiger partial charge in [0.15, 0.2) is 0 Å². The third kappa shape index (κ3) is 1.71. The van der Waals surface area contributed by atoms with Crippen molar-refractivity contribution in [1.29, 1.82) is 0 Å². The van der Waals surface area contributed by atoms with E-state index in [0.717, 1.165) is 15.6 Å². The molecule has 0 atom stereocenters. The van der Waals surface area contributed by atoms with Crippen LogP contribution in [0.15, 0.2) is 15.9 Å². The Morgan fingerprint density at radius 1 is 1.64 bits per heavy atom. The zero-order chi connectivity index (χ0) is 8.48. The van der Waals surface area contributed by atoms with Crippen molar-refractivity contribution in [3.63, 3.8) is 0 Å². The second-order valence-electron chi connectivity index (χ2n) is 2.94. The molecule has 0 saturated carbocycles. The monoisotopic (exact) mass is 232 g/mol. The Labute approximate surface area is 78.6 Å². The van der Waals surface area contributed by atoms with Crippen LogP contribution in [0.25, 0.3) is 0 Å². The first-order chi connectivity index (χ1) is 5.08. The molecule has 0 aromatic carbocycles. The van der Waals surface area contributed by atoms with Crippen molar-refractivity contribution < 1.29 is 4.79 Å². The first-order valence-corrected chi connectivity index (χ1v) is 4.95. The molecule has 1 aromatic heterocycles. The topological polar surface area (TPSA) is 17.1 Å². The number of halogens is 1. The fraction of sp³-hybridized carbons (Fsp3) is 0.375. The van der Waals surface area contributed by atoms with E-state index in [2.05, 4.69) is 15.9 Å². The van der Waals surface area contributed by atoms with E-state index < -0.39 is 0 Å². The first kappa shape index (κ1) is 8.94. The van der Waals surface area contributed by atoms with E-state index >= 15 is 0 Å². The van der Waals surface area contributed by atoms with Gasteiger partial charge in [-0.3, -0.25) is 0 Å². The molecule has 0 spiro atoms. The van der Waals surface area contributed by atoms with Gasteiger partial charge >= 0.3 is 0 Å². The maximum absolute atomic E-state index is 10.7. The minimum Gasteiger partial charge on any atom is -0.302 e. The van der Waals surface area contributed by atoms with Crippen molar-refractivity contribution in [3.8, 4) is 0 Å². The van der Waals surface area contributed by atoms with E-state index in [9.17, 15) is 4.79 Å². The average molecular weight is 233 g/mol. The molecule has 1 rings (SSSR count). The van der Waals surface area contributed by atoms with Crippen LogP contribution in [0, 0.1) is 0 Å². The molecule has 0 unspecified atom stereocenters. The molecule has 0 aliphatic rings. The Bertz CT molecular complexity index is 265. The molecular weight excluding hydrogens is 224 g/mol. The van der Waals surface area contributed by atoms with Crippen LogP contribution in [0.2, 0.25) is 0 Å². The highest BCUT2D eigenvalue weighted by atomic mass is 79.9. The zero-order valence-electron chi connectivity index (χ0n) is 6.43. The van der Waals surface area contributed by atoms with Crippen LogP contribution in [-0.2, 0) is 10.2 Å². The molecule has 0 saturated heterocycles. The molecule has 11 heavy (non-hydrogen) atoms. The standard InChI is InChI=1S/C8H9BrOS/c1-8(2,5-10)7-6(9)3-4-11-7/h3-5H,1-2H3. The van der Waals surface area contributed by atoms with Gasteiger partial charge in [-0.1, -0.05) is 0 Å². The number of thiophene rings is 1. The maximum Gasteiger partial charge on any atom is 0.130 e. The molecule has 0 amide bonds. The van der Waals surface area contributed by atoms with Crippen LogP contribution in [0.5, 0.6) is 0 Å². The first-order valence-electron chi connectivity index (χ1n) is 3.28. The Morgan fingerprint density at radius 2 is 2.27 bits per heavy atom. The van der Waals surface area contributed by atoms with Gasteiger partial charge in [-0.2, -0.15) is 0 Å². The van der Waals surface area contributed by atoms with E-state index in [1.54, 1.807) is 11.3 Å². The lowest BCUT2D eigenvalue weighted by Gasteiger charge is -2.14. The van der Waals surface area contributed by atoms with Crippen molar-refractivity contribution in [1.82, 2.24) is 0 Å². The fourth-order valence-corrected chi connectivity index (χ4v) is 2.78. The molecule has 0 aliphatic carbocycles. The molecule has 0 N–H and O–H groups in total. The van der Waals surface area contributed by atoms with Crippen LogP contribution in [0.3, 0.4) is 0 Å². The van der Waals surface area contributed by atoms with Crippen LogP contribution >= 0.6 is 27.3 Å². The van der Waals surface area contributed by atoms with Gasteiger partial charge < -0.3 is 4.79 Å². The Hall–Kier alpha value is -0.150. The summed E-state index contributed by atoms with van der Waals surface area (Å²) in [5.41, 5.74) is -0.354.